The number of nitrogens with two attached hydrogens (primary N) is 1. The number of hydrogen-bond donors (Lipinski definition) is 2. The van der Waals surface area contributed by atoms with Crippen molar-refractivity contribution in [1.29, 1.82) is 0 Å². The number of likely N-dealkylation sites (tertiary alicyclic amines) is 1. The number of hydrogen-bond acceptors (Lipinski definition) is 3. The summed E-state index contributed by atoms with van der Waals surface area (Å²) in [5, 5.41) is 3.24. The van der Waals surface area contributed by atoms with Gasteiger partial charge in [0.1, 0.15) is 0 Å². The largest absolute Gasteiger partial charge is 0.352 e. The van der Waals surface area contributed by atoms with Crippen molar-refractivity contribution in [3.8, 4) is 0 Å². The molecule has 0 aromatic carbocycles. The molecule has 1 heterocycles. The van der Waals surface area contributed by atoms with Crippen LogP contribution >= 0.6 is 24.8 Å². The Balaban J connectivity index is 0.00000132. The molecule has 23 heavy (non-hydrogen) atoms. The normalized spacial score (nSPS) is 37.6. The van der Waals surface area contributed by atoms with Gasteiger partial charge in [0.15, 0.2) is 0 Å². The van der Waals surface area contributed by atoms with E-state index in [1.54, 1.807) is 0 Å². The van der Waals surface area contributed by atoms with E-state index in [-0.39, 0.29) is 48.7 Å². The highest BCUT2D eigenvalue weighted by Gasteiger charge is 2.49. The van der Waals surface area contributed by atoms with Crippen LogP contribution in [-0.2, 0) is 4.79 Å². The molecule has 6 heteroatoms. The van der Waals surface area contributed by atoms with Gasteiger partial charge in [-0.2, -0.15) is 0 Å². The van der Waals surface area contributed by atoms with Crippen molar-refractivity contribution in [2.24, 2.45) is 29.4 Å². The van der Waals surface area contributed by atoms with Crippen LogP contribution in [0.5, 0.6) is 0 Å². The third kappa shape index (κ3) is 4.75. The Morgan fingerprint density at radius 2 is 1.96 bits per heavy atom. The molecule has 136 valence electrons. The standard InChI is InChI=1S/C17H31N3O.2ClH/c1-11-4-3-7-20(9-11)10-12(2)19-17(21)15-13-5-6-14(8-13)16(15)18;;/h11-16H,3-10,18H2,1-2H3,(H,19,21);2*1H. The maximum Gasteiger partial charge on any atom is 0.225 e. The Labute approximate surface area is 153 Å². The predicted octanol–water partition coefficient (Wildman–Crippen LogP) is 2.44. The van der Waals surface area contributed by atoms with Gasteiger partial charge in [-0.1, -0.05) is 6.92 Å². The van der Waals surface area contributed by atoms with Gasteiger partial charge < -0.3 is 16.0 Å². The van der Waals surface area contributed by atoms with Gasteiger partial charge in [0.05, 0.1) is 5.92 Å². The molecule has 1 saturated heterocycles. The molecule has 1 amide bonds. The smallest absolute Gasteiger partial charge is 0.225 e. The quantitative estimate of drug-likeness (QED) is 0.804. The van der Waals surface area contributed by atoms with Gasteiger partial charge in [-0.15, -0.1) is 24.8 Å². The number of carbonyl (C=O) groups is 1. The molecule has 6 atom stereocenters. The van der Waals surface area contributed by atoms with Crippen LogP contribution in [0.15, 0.2) is 0 Å². The zero-order valence-electron chi connectivity index (χ0n) is 14.4. The third-order valence-electron chi connectivity index (χ3n) is 5.95. The second kappa shape index (κ2) is 8.89. The van der Waals surface area contributed by atoms with E-state index in [1.165, 1.54) is 45.2 Å². The summed E-state index contributed by atoms with van der Waals surface area (Å²) in [5.41, 5.74) is 6.27. The van der Waals surface area contributed by atoms with Crippen molar-refractivity contribution in [3.05, 3.63) is 0 Å². The molecule has 2 aliphatic carbocycles. The van der Waals surface area contributed by atoms with E-state index >= 15 is 0 Å². The van der Waals surface area contributed by atoms with E-state index in [4.69, 9.17) is 5.73 Å². The highest BCUT2D eigenvalue weighted by molar-refractivity contribution is 5.85. The van der Waals surface area contributed by atoms with Crippen LogP contribution in [0.4, 0.5) is 0 Å². The third-order valence-corrected chi connectivity index (χ3v) is 5.95. The Hall–Kier alpha value is -0.0300. The van der Waals surface area contributed by atoms with Crippen molar-refractivity contribution in [1.82, 2.24) is 10.2 Å². The number of nitrogens with zero attached hydrogens (tertiary/aromatic N) is 1. The lowest BCUT2D eigenvalue weighted by Crippen LogP contribution is -2.50. The average Bonchev–Trinajstić information content (AvgIpc) is 2.98. The molecule has 2 saturated carbocycles. The van der Waals surface area contributed by atoms with E-state index in [1.807, 2.05) is 0 Å². The molecule has 0 aromatic heterocycles. The van der Waals surface area contributed by atoms with Crippen LogP contribution in [-0.4, -0.2) is 42.5 Å². The maximum atomic E-state index is 12.6. The van der Waals surface area contributed by atoms with E-state index < -0.39 is 0 Å². The fourth-order valence-electron chi connectivity index (χ4n) is 4.95. The number of halogens is 2. The number of amides is 1. The minimum Gasteiger partial charge on any atom is -0.352 e. The van der Waals surface area contributed by atoms with Gasteiger partial charge in [0.25, 0.3) is 0 Å². The van der Waals surface area contributed by atoms with E-state index in [9.17, 15) is 4.79 Å². The molecule has 0 spiro atoms. The van der Waals surface area contributed by atoms with Gasteiger partial charge in [0, 0.05) is 25.2 Å². The number of piperidine rings is 1. The molecule has 1 aliphatic heterocycles. The topological polar surface area (TPSA) is 58.4 Å². The Bertz CT molecular complexity index is 394. The first-order chi connectivity index (χ1) is 10.0. The maximum absolute atomic E-state index is 12.6. The van der Waals surface area contributed by atoms with Crippen molar-refractivity contribution in [3.63, 3.8) is 0 Å². The predicted molar refractivity (Wildman–Crippen MR) is 99.2 cm³/mol. The molecule has 0 radical (unpaired) electrons. The summed E-state index contributed by atoms with van der Waals surface area (Å²) < 4.78 is 0. The van der Waals surface area contributed by atoms with Crippen molar-refractivity contribution in [2.45, 2.75) is 58.0 Å². The van der Waals surface area contributed by atoms with Crippen molar-refractivity contribution in [2.75, 3.05) is 19.6 Å². The van der Waals surface area contributed by atoms with Crippen molar-refractivity contribution >= 4 is 30.7 Å². The van der Waals surface area contributed by atoms with Gasteiger partial charge in [-0.3, -0.25) is 4.79 Å². The summed E-state index contributed by atoms with van der Waals surface area (Å²) in [4.78, 5) is 15.1. The summed E-state index contributed by atoms with van der Waals surface area (Å²) in [6, 6.07) is 0.333. The Kier molecular flexibility index (Phi) is 8.12. The number of carbonyl (C=O) groups excluding carboxylic acids is 1. The summed E-state index contributed by atoms with van der Waals surface area (Å²) in [6.07, 6.45) is 6.25. The molecule has 3 rings (SSSR count). The van der Waals surface area contributed by atoms with Gasteiger partial charge in [-0.05, 0) is 63.3 Å². The summed E-state index contributed by atoms with van der Waals surface area (Å²) >= 11 is 0. The number of rotatable bonds is 4. The first-order valence-corrected chi connectivity index (χ1v) is 8.83. The summed E-state index contributed by atoms with van der Waals surface area (Å²) in [5.74, 6) is 2.23. The first kappa shape index (κ1) is 21.0. The van der Waals surface area contributed by atoms with Gasteiger partial charge in [0.2, 0.25) is 5.91 Å². The summed E-state index contributed by atoms with van der Waals surface area (Å²) in [6.45, 7) is 7.79. The molecule has 3 fully saturated rings. The first-order valence-electron chi connectivity index (χ1n) is 8.83. The number of nitrogens with one attached hydrogen (secondary N) is 1. The fraction of sp³-hybridized carbons (Fsp3) is 0.941. The van der Waals surface area contributed by atoms with Crippen LogP contribution in [0.25, 0.3) is 0 Å². The minimum absolute atomic E-state index is 0. The zero-order valence-corrected chi connectivity index (χ0v) is 16.0. The van der Waals surface area contributed by atoms with E-state index in [0.29, 0.717) is 11.8 Å². The van der Waals surface area contributed by atoms with Gasteiger partial charge >= 0.3 is 0 Å². The van der Waals surface area contributed by atoms with Crippen molar-refractivity contribution < 1.29 is 4.79 Å². The fourth-order valence-corrected chi connectivity index (χ4v) is 4.95. The van der Waals surface area contributed by atoms with Crippen LogP contribution in [0.1, 0.15) is 46.0 Å². The molecular weight excluding hydrogens is 333 g/mol. The minimum atomic E-state index is 0. The molecule has 3 aliphatic rings. The number of fused-ring (bicyclic) bond motifs is 2. The Morgan fingerprint density at radius 1 is 1.26 bits per heavy atom. The van der Waals surface area contributed by atoms with Gasteiger partial charge in [-0.25, -0.2) is 0 Å². The lowest BCUT2D eigenvalue weighted by atomic mass is 9.84. The zero-order chi connectivity index (χ0) is 15.0. The highest BCUT2D eigenvalue weighted by Crippen LogP contribution is 2.47. The molecule has 4 nitrogen and oxygen atoms in total. The van der Waals surface area contributed by atoms with E-state index in [0.717, 1.165) is 12.5 Å². The molecule has 0 aromatic rings. The lowest BCUT2D eigenvalue weighted by molar-refractivity contribution is -0.127. The van der Waals surface area contributed by atoms with Crippen LogP contribution in [0, 0.1) is 23.7 Å². The SMILES string of the molecule is CC1CCCN(CC(C)NC(=O)C2C3CCC(C3)C2N)C1.Cl.Cl. The van der Waals surface area contributed by atoms with Crippen LogP contribution < -0.4 is 11.1 Å². The molecular formula is C17H33Cl2N3O. The molecule has 6 unspecified atom stereocenters. The highest BCUT2D eigenvalue weighted by atomic mass is 35.5. The second-order valence-corrected chi connectivity index (χ2v) is 7.85. The molecule has 2 bridgehead atoms. The Morgan fingerprint density at radius 3 is 2.57 bits per heavy atom. The lowest BCUT2D eigenvalue weighted by Gasteiger charge is -2.34. The van der Waals surface area contributed by atoms with E-state index in [2.05, 4.69) is 24.1 Å². The molecule has 3 N–H and O–H groups in total. The van der Waals surface area contributed by atoms with Crippen LogP contribution in [0.3, 0.4) is 0 Å². The summed E-state index contributed by atoms with van der Waals surface area (Å²) in [7, 11) is 0. The van der Waals surface area contributed by atoms with Crippen LogP contribution in [0.2, 0.25) is 0 Å². The average molecular weight is 366 g/mol. The monoisotopic (exact) mass is 365 g/mol. The second-order valence-electron chi connectivity index (χ2n) is 7.85.